The molecule has 0 saturated heterocycles. The SMILES string of the molecule is COc1cc(-c2cc(C(F)(F)F)nn2-c2ccc(S(C)(=O)=O)c(F)c2)ccc1-c1ccoc1. The lowest BCUT2D eigenvalue weighted by atomic mass is 10.0. The number of nitrogens with zero attached hydrogens (tertiary/aromatic N) is 2. The maximum absolute atomic E-state index is 14.5. The summed E-state index contributed by atoms with van der Waals surface area (Å²) >= 11 is 0. The molecule has 0 saturated carbocycles. The van der Waals surface area contributed by atoms with E-state index < -0.39 is 32.4 Å². The lowest BCUT2D eigenvalue weighted by Crippen LogP contribution is -2.08. The summed E-state index contributed by atoms with van der Waals surface area (Å²) in [5.41, 5.74) is 0.411. The zero-order valence-electron chi connectivity index (χ0n) is 17.2. The second-order valence-corrected chi connectivity index (χ2v) is 9.12. The fourth-order valence-corrected chi connectivity index (χ4v) is 4.08. The van der Waals surface area contributed by atoms with Gasteiger partial charge in [-0.1, -0.05) is 6.07 Å². The van der Waals surface area contributed by atoms with Crippen LogP contribution in [0.3, 0.4) is 0 Å². The van der Waals surface area contributed by atoms with Gasteiger partial charge in [0.2, 0.25) is 0 Å². The Kier molecular flexibility index (Phi) is 5.52. The van der Waals surface area contributed by atoms with Crippen molar-refractivity contribution in [2.75, 3.05) is 13.4 Å². The number of ether oxygens (including phenoxy) is 1. The van der Waals surface area contributed by atoms with E-state index in [2.05, 4.69) is 5.10 Å². The summed E-state index contributed by atoms with van der Waals surface area (Å²) in [5.74, 6) is -0.730. The van der Waals surface area contributed by atoms with Gasteiger partial charge in [0.25, 0.3) is 0 Å². The molecule has 0 bridgehead atoms. The number of benzene rings is 2. The highest BCUT2D eigenvalue weighted by Crippen LogP contribution is 2.38. The minimum atomic E-state index is -4.76. The quantitative estimate of drug-likeness (QED) is 0.359. The Morgan fingerprint density at radius 2 is 1.79 bits per heavy atom. The van der Waals surface area contributed by atoms with Crippen molar-refractivity contribution in [1.82, 2.24) is 9.78 Å². The molecule has 2 heterocycles. The third-order valence-electron chi connectivity index (χ3n) is 4.89. The summed E-state index contributed by atoms with van der Waals surface area (Å²) in [6.45, 7) is 0. The fraction of sp³-hybridized carbons (Fsp3) is 0.136. The van der Waals surface area contributed by atoms with Crippen LogP contribution < -0.4 is 4.74 Å². The first-order chi connectivity index (χ1) is 15.5. The van der Waals surface area contributed by atoms with Crippen molar-refractivity contribution >= 4 is 9.84 Å². The van der Waals surface area contributed by atoms with Gasteiger partial charge in [-0.05, 0) is 36.4 Å². The summed E-state index contributed by atoms with van der Waals surface area (Å²) in [4.78, 5) is -0.567. The molecule has 4 aromatic rings. The van der Waals surface area contributed by atoms with Crippen molar-refractivity contribution in [2.45, 2.75) is 11.1 Å². The molecule has 0 amide bonds. The highest BCUT2D eigenvalue weighted by molar-refractivity contribution is 7.90. The van der Waals surface area contributed by atoms with Crippen LogP contribution in [0, 0.1) is 5.82 Å². The van der Waals surface area contributed by atoms with Crippen LogP contribution in [0.4, 0.5) is 17.6 Å². The van der Waals surface area contributed by atoms with E-state index in [1.807, 2.05) is 0 Å². The molecule has 0 unspecified atom stereocenters. The molecule has 6 nitrogen and oxygen atoms in total. The van der Waals surface area contributed by atoms with Gasteiger partial charge in [-0.15, -0.1) is 0 Å². The van der Waals surface area contributed by atoms with Gasteiger partial charge in [-0.2, -0.15) is 18.3 Å². The Balaban J connectivity index is 1.90. The Bertz CT molecular complexity index is 1430. The van der Waals surface area contributed by atoms with Gasteiger partial charge >= 0.3 is 6.18 Å². The molecule has 2 aromatic heterocycles. The Morgan fingerprint density at radius 3 is 2.36 bits per heavy atom. The molecule has 0 N–H and O–H groups in total. The Hall–Kier alpha value is -3.60. The standard InChI is InChI=1S/C22H16F4N2O4S/c1-31-19-9-13(3-5-16(19)14-7-8-32-12-14)18-11-21(22(24,25)26)27-28(18)15-4-6-20(17(23)10-15)33(2,29)30/h3-12H,1-2H3. The molecule has 0 aliphatic heterocycles. The summed E-state index contributed by atoms with van der Waals surface area (Å²) in [5, 5.41) is 3.61. The number of furan rings is 1. The van der Waals surface area contributed by atoms with Crippen molar-refractivity contribution in [3.63, 3.8) is 0 Å². The number of sulfone groups is 1. The maximum Gasteiger partial charge on any atom is 0.435 e. The second kappa shape index (κ2) is 8.07. The highest BCUT2D eigenvalue weighted by Gasteiger charge is 2.35. The lowest BCUT2D eigenvalue weighted by molar-refractivity contribution is -0.141. The summed E-state index contributed by atoms with van der Waals surface area (Å²) in [7, 11) is -2.44. The first-order valence-corrected chi connectivity index (χ1v) is 11.3. The molecule has 0 aliphatic carbocycles. The van der Waals surface area contributed by atoms with Crippen LogP contribution in [-0.4, -0.2) is 31.6 Å². The van der Waals surface area contributed by atoms with Crippen LogP contribution in [0.1, 0.15) is 5.69 Å². The van der Waals surface area contributed by atoms with Crippen molar-refractivity contribution in [1.29, 1.82) is 0 Å². The topological polar surface area (TPSA) is 74.3 Å². The molecule has 0 aliphatic rings. The maximum atomic E-state index is 14.5. The average Bonchev–Trinajstić information content (AvgIpc) is 3.42. The van der Waals surface area contributed by atoms with Crippen molar-refractivity contribution in [3.05, 3.63) is 72.6 Å². The van der Waals surface area contributed by atoms with Crippen molar-refractivity contribution in [3.8, 4) is 33.8 Å². The van der Waals surface area contributed by atoms with Gasteiger partial charge in [0, 0.05) is 29.0 Å². The third-order valence-corrected chi connectivity index (χ3v) is 6.02. The summed E-state index contributed by atoms with van der Waals surface area (Å²) in [6, 6.07) is 10.3. The van der Waals surface area contributed by atoms with E-state index in [0.717, 1.165) is 29.1 Å². The largest absolute Gasteiger partial charge is 0.496 e. The summed E-state index contributed by atoms with van der Waals surface area (Å²) in [6.07, 6.45) is -0.955. The molecule has 33 heavy (non-hydrogen) atoms. The molecule has 2 aromatic carbocycles. The number of rotatable bonds is 5. The van der Waals surface area contributed by atoms with Crippen LogP contribution in [0.2, 0.25) is 0 Å². The number of hydrogen-bond donors (Lipinski definition) is 0. The molecule has 0 atom stereocenters. The first kappa shape index (κ1) is 22.6. The number of methoxy groups -OCH3 is 1. The molecule has 4 rings (SSSR count). The predicted molar refractivity (Wildman–Crippen MR) is 111 cm³/mol. The summed E-state index contributed by atoms with van der Waals surface area (Å²) < 4.78 is 89.6. The van der Waals surface area contributed by atoms with Gasteiger partial charge in [0.1, 0.15) is 16.5 Å². The Morgan fingerprint density at radius 1 is 1.03 bits per heavy atom. The Labute approximate surface area is 186 Å². The van der Waals surface area contributed by atoms with E-state index >= 15 is 0 Å². The average molecular weight is 480 g/mol. The van der Waals surface area contributed by atoms with E-state index in [0.29, 0.717) is 22.4 Å². The molecule has 0 spiro atoms. The normalized spacial score (nSPS) is 12.2. The second-order valence-electron chi connectivity index (χ2n) is 7.14. The number of halogens is 4. The van der Waals surface area contributed by atoms with Crippen LogP contribution in [0.25, 0.3) is 28.1 Å². The third kappa shape index (κ3) is 4.36. The number of aromatic nitrogens is 2. The van der Waals surface area contributed by atoms with Crippen molar-refractivity contribution in [2.24, 2.45) is 0 Å². The van der Waals surface area contributed by atoms with E-state index in [1.54, 1.807) is 18.2 Å². The minimum Gasteiger partial charge on any atom is -0.496 e. The van der Waals surface area contributed by atoms with Crippen LogP contribution in [-0.2, 0) is 16.0 Å². The van der Waals surface area contributed by atoms with Crippen LogP contribution in [0.15, 0.2) is 70.4 Å². The number of alkyl halides is 3. The smallest absolute Gasteiger partial charge is 0.435 e. The van der Waals surface area contributed by atoms with E-state index in [9.17, 15) is 26.0 Å². The lowest BCUT2D eigenvalue weighted by Gasteiger charge is -2.12. The zero-order chi connectivity index (χ0) is 24.0. The molecule has 0 fully saturated rings. The van der Waals surface area contributed by atoms with Gasteiger partial charge in [-0.25, -0.2) is 17.5 Å². The minimum absolute atomic E-state index is 0.00544. The predicted octanol–water partition coefficient (Wildman–Crippen LogP) is 5.37. The van der Waals surface area contributed by atoms with Gasteiger partial charge in [0.05, 0.1) is 31.0 Å². The van der Waals surface area contributed by atoms with E-state index in [4.69, 9.17) is 9.15 Å². The highest BCUT2D eigenvalue weighted by atomic mass is 32.2. The van der Waals surface area contributed by atoms with Gasteiger partial charge in [-0.3, -0.25) is 0 Å². The van der Waals surface area contributed by atoms with Crippen molar-refractivity contribution < 1.29 is 35.1 Å². The molecular formula is C22H16F4N2O4S. The molecular weight excluding hydrogens is 464 g/mol. The van der Waals surface area contributed by atoms with E-state index in [-0.39, 0.29) is 11.4 Å². The molecule has 11 heteroatoms. The molecule has 0 radical (unpaired) electrons. The van der Waals surface area contributed by atoms with Crippen LogP contribution in [0.5, 0.6) is 5.75 Å². The monoisotopic (exact) mass is 480 g/mol. The van der Waals surface area contributed by atoms with Gasteiger partial charge < -0.3 is 9.15 Å². The fourth-order valence-electron chi connectivity index (χ4n) is 3.35. The molecule has 172 valence electrons. The number of hydrogen-bond acceptors (Lipinski definition) is 5. The zero-order valence-corrected chi connectivity index (χ0v) is 18.0. The first-order valence-electron chi connectivity index (χ1n) is 9.37. The van der Waals surface area contributed by atoms with E-state index in [1.165, 1.54) is 31.8 Å². The van der Waals surface area contributed by atoms with Gasteiger partial charge in [0.15, 0.2) is 15.5 Å². The van der Waals surface area contributed by atoms with Crippen LogP contribution >= 0.6 is 0 Å².